The molecule has 126 valence electrons. The van der Waals surface area contributed by atoms with E-state index >= 15 is 0 Å². The van der Waals surface area contributed by atoms with Gasteiger partial charge in [-0.15, -0.1) is 0 Å². The number of hydrogen-bond acceptors (Lipinski definition) is 4. The summed E-state index contributed by atoms with van der Waals surface area (Å²) in [5.74, 6) is 2.00. The first-order chi connectivity index (χ1) is 12.8. The number of nitriles is 1. The predicted octanol–water partition coefficient (Wildman–Crippen LogP) is 3.99. The van der Waals surface area contributed by atoms with Gasteiger partial charge in [-0.1, -0.05) is 6.07 Å². The minimum absolute atomic E-state index is 0.495. The molecule has 1 N–H and O–H groups in total. The molecule has 0 bridgehead atoms. The Kier molecular flexibility index (Phi) is 4.19. The summed E-state index contributed by atoms with van der Waals surface area (Å²) in [7, 11) is 0. The molecule has 0 unspecified atom stereocenters. The minimum Gasteiger partial charge on any atom is -0.456 e. The second-order valence-electron chi connectivity index (χ2n) is 5.74. The van der Waals surface area contributed by atoms with E-state index in [1.807, 2.05) is 47.2 Å². The van der Waals surface area contributed by atoms with Crippen molar-refractivity contribution in [1.29, 1.82) is 5.26 Å². The molecule has 6 nitrogen and oxygen atoms in total. The number of imidazole rings is 2. The summed E-state index contributed by atoms with van der Waals surface area (Å²) in [6.45, 7) is 0.666. The van der Waals surface area contributed by atoms with Crippen LogP contribution in [0.3, 0.4) is 0 Å². The molecule has 4 rings (SSSR count). The zero-order valence-corrected chi connectivity index (χ0v) is 13.8. The standard InChI is InChI=1S/C20H15N5O/c21-12-17-2-1-15(13-25-10-9-22-14-25)11-19(17)26-18-5-3-16(4-6-18)20-23-7-8-24-20/h1-11,14H,13H2,(H,23,24). The summed E-state index contributed by atoms with van der Waals surface area (Å²) in [6, 6.07) is 15.3. The molecule has 2 aromatic carbocycles. The quantitative estimate of drug-likeness (QED) is 0.595. The summed E-state index contributed by atoms with van der Waals surface area (Å²) < 4.78 is 7.92. The Morgan fingerprint density at radius 3 is 2.69 bits per heavy atom. The molecule has 0 aliphatic rings. The number of nitrogens with zero attached hydrogens (tertiary/aromatic N) is 4. The lowest BCUT2D eigenvalue weighted by Crippen LogP contribution is -1.98. The van der Waals surface area contributed by atoms with Crippen LogP contribution in [0.15, 0.2) is 73.6 Å². The van der Waals surface area contributed by atoms with Crippen molar-refractivity contribution in [3.05, 3.63) is 84.7 Å². The van der Waals surface area contributed by atoms with Crippen molar-refractivity contribution in [2.45, 2.75) is 6.54 Å². The van der Waals surface area contributed by atoms with Crippen molar-refractivity contribution < 1.29 is 4.74 Å². The lowest BCUT2D eigenvalue weighted by atomic mass is 10.1. The van der Waals surface area contributed by atoms with E-state index in [1.165, 1.54) is 0 Å². The lowest BCUT2D eigenvalue weighted by molar-refractivity contribution is 0.480. The third-order valence-electron chi connectivity index (χ3n) is 3.94. The van der Waals surface area contributed by atoms with Crippen molar-refractivity contribution in [3.63, 3.8) is 0 Å². The van der Waals surface area contributed by atoms with Crippen LogP contribution >= 0.6 is 0 Å². The minimum atomic E-state index is 0.495. The Labute approximate surface area is 150 Å². The van der Waals surface area contributed by atoms with Gasteiger partial charge in [-0.05, 0) is 42.0 Å². The fraction of sp³-hybridized carbons (Fsp3) is 0.0500. The molecule has 0 aliphatic heterocycles. The zero-order chi connectivity index (χ0) is 17.8. The second-order valence-corrected chi connectivity index (χ2v) is 5.74. The van der Waals surface area contributed by atoms with Crippen molar-refractivity contribution >= 4 is 0 Å². The Morgan fingerprint density at radius 1 is 1.12 bits per heavy atom. The number of rotatable bonds is 5. The number of ether oxygens (including phenoxy) is 1. The van der Waals surface area contributed by atoms with Gasteiger partial charge in [0.25, 0.3) is 0 Å². The smallest absolute Gasteiger partial charge is 0.145 e. The van der Waals surface area contributed by atoms with E-state index in [2.05, 4.69) is 21.0 Å². The van der Waals surface area contributed by atoms with Crippen LogP contribution in [0.1, 0.15) is 11.1 Å². The van der Waals surface area contributed by atoms with Gasteiger partial charge in [0.2, 0.25) is 0 Å². The predicted molar refractivity (Wildman–Crippen MR) is 96.6 cm³/mol. The molecule has 2 aromatic heterocycles. The SMILES string of the molecule is N#Cc1ccc(Cn2ccnc2)cc1Oc1ccc(-c2ncc[nH]2)cc1. The van der Waals surface area contributed by atoms with Gasteiger partial charge in [0.1, 0.15) is 23.4 Å². The maximum absolute atomic E-state index is 9.36. The van der Waals surface area contributed by atoms with Crippen molar-refractivity contribution in [3.8, 4) is 29.0 Å². The van der Waals surface area contributed by atoms with E-state index < -0.39 is 0 Å². The Morgan fingerprint density at radius 2 is 2.00 bits per heavy atom. The summed E-state index contributed by atoms with van der Waals surface area (Å²) in [5, 5.41) is 9.36. The van der Waals surface area contributed by atoms with Crippen LogP contribution in [0.25, 0.3) is 11.4 Å². The molecule has 0 spiro atoms. The normalized spacial score (nSPS) is 10.4. The van der Waals surface area contributed by atoms with Crippen molar-refractivity contribution in [2.75, 3.05) is 0 Å². The van der Waals surface area contributed by atoms with E-state index in [-0.39, 0.29) is 0 Å². The van der Waals surface area contributed by atoms with Gasteiger partial charge in [0, 0.05) is 36.9 Å². The first-order valence-corrected chi connectivity index (χ1v) is 8.08. The lowest BCUT2D eigenvalue weighted by Gasteiger charge is -2.10. The summed E-state index contributed by atoms with van der Waals surface area (Å²) in [4.78, 5) is 11.3. The molecule has 0 saturated carbocycles. The number of aromatic nitrogens is 4. The van der Waals surface area contributed by atoms with Gasteiger partial charge < -0.3 is 14.3 Å². The molecule has 0 aliphatic carbocycles. The van der Waals surface area contributed by atoms with Crippen LogP contribution in [0.5, 0.6) is 11.5 Å². The van der Waals surface area contributed by atoms with E-state index in [9.17, 15) is 5.26 Å². The fourth-order valence-electron chi connectivity index (χ4n) is 2.66. The highest BCUT2D eigenvalue weighted by molar-refractivity contribution is 5.56. The Bertz CT molecular complexity index is 1030. The fourth-order valence-corrected chi connectivity index (χ4v) is 2.66. The topological polar surface area (TPSA) is 79.5 Å². The molecule has 2 heterocycles. The molecule has 26 heavy (non-hydrogen) atoms. The number of H-pyrrole nitrogens is 1. The monoisotopic (exact) mass is 341 g/mol. The molecule has 0 radical (unpaired) electrons. The van der Waals surface area contributed by atoms with E-state index in [0.29, 0.717) is 23.6 Å². The molecule has 0 saturated heterocycles. The molecule has 4 aromatic rings. The molecular weight excluding hydrogens is 326 g/mol. The summed E-state index contributed by atoms with van der Waals surface area (Å²) >= 11 is 0. The Balaban J connectivity index is 1.57. The molecule has 0 atom stereocenters. The number of benzene rings is 2. The summed E-state index contributed by atoms with van der Waals surface area (Å²) in [6.07, 6.45) is 8.88. The third kappa shape index (κ3) is 3.32. The van der Waals surface area contributed by atoms with Crippen LogP contribution in [0, 0.1) is 11.3 Å². The molecular formula is C20H15N5O. The van der Waals surface area contributed by atoms with Crippen LogP contribution in [-0.4, -0.2) is 19.5 Å². The highest BCUT2D eigenvalue weighted by atomic mass is 16.5. The van der Waals surface area contributed by atoms with Crippen LogP contribution < -0.4 is 4.74 Å². The zero-order valence-electron chi connectivity index (χ0n) is 13.8. The number of hydrogen-bond donors (Lipinski definition) is 1. The van der Waals surface area contributed by atoms with E-state index in [0.717, 1.165) is 17.0 Å². The Hall–Kier alpha value is -3.85. The first kappa shape index (κ1) is 15.7. The largest absolute Gasteiger partial charge is 0.456 e. The van der Waals surface area contributed by atoms with Gasteiger partial charge >= 0.3 is 0 Å². The maximum Gasteiger partial charge on any atom is 0.145 e. The van der Waals surface area contributed by atoms with Gasteiger partial charge in [-0.3, -0.25) is 0 Å². The van der Waals surface area contributed by atoms with Gasteiger partial charge in [-0.25, -0.2) is 9.97 Å². The first-order valence-electron chi connectivity index (χ1n) is 8.08. The van der Waals surface area contributed by atoms with E-state index in [4.69, 9.17) is 4.74 Å². The average molecular weight is 341 g/mol. The third-order valence-corrected chi connectivity index (χ3v) is 3.94. The highest BCUT2D eigenvalue weighted by Gasteiger charge is 2.08. The van der Waals surface area contributed by atoms with Crippen LogP contribution in [0.4, 0.5) is 0 Å². The molecule has 6 heteroatoms. The van der Waals surface area contributed by atoms with Crippen LogP contribution in [0.2, 0.25) is 0 Å². The van der Waals surface area contributed by atoms with Crippen LogP contribution in [-0.2, 0) is 6.54 Å². The van der Waals surface area contributed by atoms with Gasteiger partial charge in [-0.2, -0.15) is 5.26 Å². The van der Waals surface area contributed by atoms with Gasteiger partial charge in [0.15, 0.2) is 0 Å². The second kappa shape index (κ2) is 6.95. The number of aromatic amines is 1. The highest BCUT2D eigenvalue weighted by Crippen LogP contribution is 2.28. The van der Waals surface area contributed by atoms with Gasteiger partial charge in [0.05, 0.1) is 11.9 Å². The van der Waals surface area contributed by atoms with Crippen molar-refractivity contribution in [1.82, 2.24) is 19.5 Å². The molecule has 0 fully saturated rings. The maximum atomic E-state index is 9.36. The van der Waals surface area contributed by atoms with Crippen molar-refractivity contribution in [2.24, 2.45) is 0 Å². The average Bonchev–Trinajstić information content (AvgIpc) is 3.37. The molecule has 0 amide bonds. The summed E-state index contributed by atoms with van der Waals surface area (Å²) in [5.41, 5.74) is 2.50. The van der Waals surface area contributed by atoms with E-state index in [1.54, 1.807) is 31.0 Å². The number of nitrogens with one attached hydrogen (secondary N) is 1.